The Balaban J connectivity index is 2.43. The SMILES string of the molecule is CCCNC(CC)(CCCN1CCOC(C)C1)C(=O)O. The second-order valence-corrected chi connectivity index (χ2v) is 5.75. The van der Waals surface area contributed by atoms with Gasteiger partial charge in [-0.25, -0.2) is 0 Å². The molecule has 0 bridgehead atoms. The van der Waals surface area contributed by atoms with E-state index in [0.29, 0.717) is 12.8 Å². The summed E-state index contributed by atoms with van der Waals surface area (Å²) in [6.45, 7) is 10.5. The van der Waals surface area contributed by atoms with Crippen molar-refractivity contribution in [3.05, 3.63) is 0 Å². The van der Waals surface area contributed by atoms with Gasteiger partial charge in [-0.05, 0) is 45.7 Å². The van der Waals surface area contributed by atoms with Crippen molar-refractivity contribution in [3.8, 4) is 0 Å². The molecule has 5 nitrogen and oxygen atoms in total. The number of morpholine rings is 1. The second-order valence-electron chi connectivity index (χ2n) is 5.75. The molecule has 1 aliphatic rings. The van der Waals surface area contributed by atoms with Crippen LogP contribution >= 0.6 is 0 Å². The highest BCUT2D eigenvalue weighted by atomic mass is 16.5. The molecule has 0 radical (unpaired) electrons. The molecule has 1 aliphatic heterocycles. The van der Waals surface area contributed by atoms with E-state index in [2.05, 4.69) is 24.1 Å². The van der Waals surface area contributed by atoms with Crippen LogP contribution in [0.25, 0.3) is 0 Å². The van der Waals surface area contributed by atoms with E-state index in [9.17, 15) is 9.90 Å². The van der Waals surface area contributed by atoms with Crippen LogP contribution in [-0.4, -0.2) is 60.4 Å². The molecule has 2 unspecified atom stereocenters. The lowest BCUT2D eigenvalue weighted by Gasteiger charge is -2.33. The van der Waals surface area contributed by atoms with E-state index in [1.165, 1.54) is 0 Å². The summed E-state index contributed by atoms with van der Waals surface area (Å²) in [4.78, 5) is 14.0. The Hall–Kier alpha value is -0.650. The average Bonchev–Trinajstić information content (AvgIpc) is 2.42. The molecule has 1 fully saturated rings. The van der Waals surface area contributed by atoms with Gasteiger partial charge in [0.1, 0.15) is 5.54 Å². The maximum atomic E-state index is 11.6. The lowest BCUT2D eigenvalue weighted by atomic mass is 9.90. The first kappa shape index (κ1) is 17.4. The third-order valence-corrected chi connectivity index (χ3v) is 4.13. The third kappa shape index (κ3) is 5.04. The van der Waals surface area contributed by atoms with Crippen LogP contribution in [0.1, 0.15) is 46.5 Å². The molecular formula is C15H30N2O3. The van der Waals surface area contributed by atoms with E-state index in [4.69, 9.17) is 4.74 Å². The second kappa shape index (κ2) is 8.60. The number of carboxylic acid groups (broad SMARTS) is 1. The maximum Gasteiger partial charge on any atom is 0.323 e. The molecule has 1 rings (SSSR count). The van der Waals surface area contributed by atoms with Crippen LogP contribution in [-0.2, 0) is 9.53 Å². The molecule has 0 aromatic carbocycles. The summed E-state index contributed by atoms with van der Waals surface area (Å²) < 4.78 is 5.52. The number of rotatable bonds is 9. The summed E-state index contributed by atoms with van der Waals surface area (Å²) in [5.41, 5.74) is -0.756. The van der Waals surface area contributed by atoms with Crippen LogP contribution in [0.15, 0.2) is 0 Å². The first-order valence-electron chi connectivity index (χ1n) is 7.86. The summed E-state index contributed by atoms with van der Waals surface area (Å²) in [6.07, 6.45) is 3.46. The van der Waals surface area contributed by atoms with Gasteiger partial charge >= 0.3 is 5.97 Å². The summed E-state index contributed by atoms with van der Waals surface area (Å²) in [5.74, 6) is -0.719. The van der Waals surface area contributed by atoms with Crippen molar-refractivity contribution < 1.29 is 14.6 Å². The molecular weight excluding hydrogens is 256 g/mol. The van der Waals surface area contributed by atoms with Gasteiger partial charge in [-0.3, -0.25) is 9.69 Å². The van der Waals surface area contributed by atoms with Crippen molar-refractivity contribution >= 4 is 5.97 Å². The van der Waals surface area contributed by atoms with Crippen molar-refractivity contribution in [3.63, 3.8) is 0 Å². The molecule has 0 saturated carbocycles. The summed E-state index contributed by atoms with van der Waals surface area (Å²) in [6, 6.07) is 0. The van der Waals surface area contributed by atoms with Gasteiger partial charge in [-0.15, -0.1) is 0 Å². The number of aliphatic carboxylic acids is 1. The summed E-state index contributed by atoms with van der Waals surface area (Å²) in [7, 11) is 0. The summed E-state index contributed by atoms with van der Waals surface area (Å²) >= 11 is 0. The number of ether oxygens (including phenoxy) is 1. The van der Waals surface area contributed by atoms with E-state index in [1.807, 2.05) is 6.92 Å². The Labute approximate surface area is 122 Å². The minimum absolute atomic E-state index is 0.289. The molecule has 20 heavy (non-hydrogen) atoms. The minimum Gasteiger partial charge on any atom is -0.480 e. The number of nitrogens with one attached hydrogen (secondary N) is 1. The zero-order chi connectivity index (χ0) is 15.0. The van der Waals surface area contributed by atoms with Gasteiger partial charge < -0.3 is 15.2 Å². The predicted molar refractivity (Wildman–Crippen MR) is 80.0 cm³/mol. The van der Waals surface area contributed by atoms with Crippen molar-refractivity contribution in [1.82, 2.24) is 10.2 Å². The van der Waals surface area contributed by atoms with Crippen LogP contribution in [0.3, 0.4) is 0 Å². The van der Waals surface area contributed by atoms with E-state index in [1.54, 1.807) is 0 Å². The normalized spacial score (nSPS) is 23.4. The number of carbonyl (C=O) groups is 1. The molecule has 0 aromatic rings. The van der Waals surface area contributed by atoms with Gasteiger partial charge in [0.2, 0.25) is 0 Å². The molecule has 0 amide bonds. The zero-order valence-corrected chi connectivity index (χ0v) is 13.2. The fourth-order valence-electron chi connectivity index (χ4n) is 2.79. The molecule has 0 aliphatic carbocycles. The Morgan fingerprint density at radius 3 is 2.80 bits per heavy atom. The van der Waals surface area contributed by atoms with Gasteiger partial charge in [0, 0.05) is 13.1 Å². The monoisotopic (exact) mass is 286 g/mol. The van der Waals surface area contributed by atoms with E-state index in [-0.39, 0.29) is 6.10 Å². The highest BCUT2D eigenvalue weighted by Crippen LogP contribution is 2.19. The van der Waals surface area contributed by atoms with E-state index < -0.39 is 11.5 Å². The number of nitrogens with zero attached hydrogens (tertiary/aromatic N) is 1. The molecule has 0 aromatic heterocycles. The van der Waals surface area contributed by atoms with Crippen molar-refractivity contribution in [2.75, 3.05) is 32.8 Å². The van der Waals surface area contributed by atoms with Gasteiger partial charge in [-0.1, -0.05) is 13.8 Å². The number of hydrogen-bond donors (Lipinski definition) is 2. The van der Waals surface area contributed by atoms with E-state index in [0.717, 1.165) is 45.6 Å². The Bertz CT molecular complexity index is 299. The number of hydrogen-bond acceptors (Lipinski definition) is 4. The Kier molecular flexibility index (Phi) is 7.48. The minimum atomic E-state index is -0.756. The summed E-state index contributed by atoms with van der Waals surface area (Å²) in [5, 5.41) is 12.8. The lowest BCUT2D eigenvalue weighted by molar-refractivity contribution is -0.145. The van der Waals surface area contributed by atoms with Crippen LogP contribution in [0.4, 0.5) is 0 Å². The van der Waals surface area contributed by atoms with Crippen LogP contribution < -0.4 is 5.32 Å². The topological polar surface area (TPSA) is 61.8 Å². The smallest absolute Gasteiger partial charge is 0.323 e. The molecule has 2 atom stereocenters. The molecule has 5 heteroatoms. The van der Waals surface area contributed by atoms with Gasteiger partial charge in [-0.2, -0.15) is 0 Å². The molecule has 0 spiro atoms. The number of carboxylic acids is 1. The van der Waals surface area contributed by atoms with Crippen molar-refractivity contribution in [2.24, 2.45) is 0 Å². The third-order valence-electron chi connectivity index (χ3n) is 4.13. The van der Waals surface area contributed by atoms with Gasteiger partial charge in [0.15, 0.2) is 0 Å². The van der Waals surface area contributed by atoms with Crippen molar-refractivity contribution in [1.29, 1.82) is 0 Å². The highest BCUT2D eigenvalue weighted by Gasteiger charge is 2.35. The average molecular weight is 286 g/mol. The van der Waals surface area contributed by atoms with Crippen LogP contribution in [0.5, 0.6) is 0 Å². The fraction of sp³-hybridized carbons (Fsp3) is 0.933. The zero-order valence-electron chi connectivity index (χ0n) is 13.2. The maximum absolute atomic E-state index is 11.6. The van der Waals surface area contributed by atoms with Crippen LogP contribution in [0.2, 0.25) is 0 Å². The molecule has 1 saturated heterocycles. The largest absolute Gasteiger partial charge is 0.480 e. The van der Waals surface area contributed by atoms with Crippen LogP contribution in [0, 0.1) is 0 Å². The Morgan fingerprint density at radius 2 is 2.25 bits per heavy atom. The highest BCUT2D eigenvalue weighted by molar-refractivity contribution is 5.78. The lowest BCUT2D eigenvalue weighted by Crippen LogP contribution is -2.52. The molecule has 1 heterocycles. The first-order valence-corrected chi connectivity index (χ1v) is 7.86. The molecule has 118 valence electrons. The predicted octanol–water partition coefficient (Wildman–Crippen LogP) is 1.72. The van der Waals surface area contributed by atoms with Gasteiger partial charge in [0.05, 0.1) is 12.7 Å². The first-order chi connectivity index (χ1) is 9.54. The quantitative estimate of drug-likeness (QED) is 0.676. The molecule has 2 N–H and O–H groups in total. The fourth-order valence-corrected chi connectivity index (χ4v) is 2.79. The van der Waals surface area contributed by atoms with Gasteiger partial charge in [0.25, 0.3) is 0 Å². The van der Waals surface area contributed by atoms with Crippen molar-refractivity contribution in [2.45, 2.75) is 58.1 Å². The Morgan fingerprint density at radius 1 is 1.50 bits per heavy atom. The van der Waals surface area contributed by atoms with E-state index >= 15 is 0 Å². The standard InChI is InChI=1S/C15H30N2O3/c1-4-8-16-15(5-2,14(18)19)7-6-9-17-10-11-20-13(3)12-17/h13,16H,4-12H2,1-3H3,(H,18,19).